The fourth-order valence-electron chi connectivity index (χ4n) is 2.64. The fraction of sp³-hybridized carbons (Fsp3) is 0.400. The number of halogens is 1. The Morgan fingerprint density at radius 3 is 2.50 bits per heavy atom. The molecule has 0 aliphatic rings. The summed E-state index contributed by atoms with van der Waals surface area (Å²) in [5.41, 5.74) is -1.14. The summed E-state index contributed by atoms with van der Waals surface area (Å²) in [7, 11) is 0. The SMILES string of the molecule is CC(C)(C)OC(=O)CC(NC(=O)Cn1ccc2ccccc2c1=O)C(=O)CF. The molecule has 0 spiro atoms. The highest BCUT2D eigenvalue weighted by Gasteiger charge is 2.26. The summed E-state index contributed by atoms with van der Waals surface area (Å²) in [5.74, 6) is -2.36. The van der Waals surface area contributed by atoms with E-state index < -0.39 is 42.4 Å². The topological polar surface area (TPSA) is 94.5 Å². The third-order valence-electron chi connectivity index (χ3n) is 3.85. The number of Topliss-reactive ketones (excluding diaryl/α,β-unsaturated/α-hetero) is 1. The molecule has 0 aliphatic heterocycles. The molecular weight excluding hydrogens is 367 g/mol. The number of alkyl halides is 1. The van der Waals surface area contributed by atoms with Crippen molar-refractivity contribution in [3.63, 3.8) is 0 Å². The molecule has 1 heterocycles. The number of nitrogens with one attached hydrogen (secondary N) is 1. The summed E-state index contributed by atoms with van der Waals surface area (Å²) >= 11 is 0. The molecule has 0 saturated carbocycles. The van der Waals surface area contributed by atoms with Crippen molar-refractivity contribution >= 4 is 28.4 Å². The minimum atomic E-state index is -1.36. The molecule has 1 aromatic heterocycles. The molecule has 0 saturated heterocycles. The molecule has 1 unspecified atom stereocenters. The zero-order valence-electron chi connectivity index (χ0n) is 16.0. The average molecular weight is 390 g/mol. The number of esters is 1. The standard InChI is InChI=1S/C20H23FN2O5/c1-20(2,3)28-18(26)10-15(16(24)11-21)22-17(25)12-23-9-8-13-6-4-5-7-14(13)19(23)27/h4-9,15H,10-12H2,1-3H3,(H,22,25). The summed E-state index contributed by atoms with van der Waals surface area (Å²) in [6, 6.07) is 7.26. The fourth-order valence-corrected chi connectivity index (χ4v) is 2.64. The Kier molecular flexibility index (Phi) is 6.66. The van der Waals surface area contributed by atoms with Crippen molar-refractivity contribution in [2.45, 2.75) is 45.4 Å². The van der Waals surface area contributed by atoms with E-state index in [1.165, 1.54) is 10.8 Å². The van der Waals surface area contributed by atoms with Crippen molar-refractivity contribution in [1.29, 1.82) is 0 Å². The van der Waals surface area contributed by atoms with Crippen LogP contribution in [0.1, 0.15) is 27.2 Å². The Bertz CT molecular complexity index is 945. The van der Waals surface area contributed by atoms with Crippen LogP contribution in [-0.4, -0.2) is 40.5 Å². The normalized spacial score (nSPS) is 12.4. The number of benzene rings is 1. The maximum Gasteiger partial charge on any atom is 0.308 e. The van der Waals surface area contributed by atoms with Crippen molar-refractivity contribution in [3.05, 3.63) is 46.9 Å². The summed E-state index contributed by atoms with van der Waals surface area (Å²) in [6.07, 6.45) is 0.975. The number of carbonyl (C=O) groups is 3. The smallest absolute Gasteiger partial charge is 0.308 e. The maximum absolute atomic E-state index is 12.8. The van der Waals surface area contributed by atoms with E-state index in [0.29, 0.717) is 5.39 Å². The molecule has 8 heteroatoms. The van der Waals surface area contributed by atoms with Crippen LogP contribution in [0, 0.1) is 0 Å². The van der Waals surface area contributed by atoms with Gasteiger partial charge >= 0.3 is 5.97 Å². The number of amides is 1. The molecule has 150 valence electrons. The first-order valence-corrected chi connectivity index (χ1v) is 8.79. The molecule has 0 radical (unpaired) electrons. The second-order valence-corrected chi connectivity index (χ2v) is 7.35. The Labute approximate surface area is 161 Å². The highest BCUT2D eigenvalue weighted by Crippen LogP contribution is 2.10. The largest absolute Gasteiger partial charge is 0.460 e. The molecule has 7 nitrogen and oxygen atoms in total. The zero-order valence-corrected chi connectivity index (χ0v) is 16.0. The molecule has 0 bridgehead atoms. The lowest BCUT2D eigenvalue weighted by atomic mass is 10.1. The second kappa shape index (κ2) is 8.77. The van der Waals surface area contributed by atoms with Gasteiger partial charge in [0.15, 0.2) is 5.78 Å². The van der Waals surface area contributed by atoms with Gasteiger partial charge in [0.25, 0.3) is 5.56 Å². The molecule has 1 amide bonds. The number of hydrogen-bond donors (Lipinski definition) is 1. The van der Waals surface area contributed by atoms with Crippen LogP contribution in [0.25, 0.3) is 10.8 Å². The maximum atomic E-state index is 12.8. The molecule has 1 N–H and O–H groups in total. The predicted octanol–water partition coefficient (Wildman–Crippen LogP) is 1.76. The quantitative estimate of drug-likeness (QED) is 0.727. The third-order valence-corrected chi connectivity index (χ3v) is 3.85. The van der Waals surface area contributed by atoms with E-state index in [0.717, 1.165) is 5.39 Å². The van der Waals surface area contributed by atoms with Gasteiger partial charge in [-0.15, -0.1) is 0 Å². The lowest BCUT2D eigenvalue weighted by molar-refractivity contribution is -0.156. The van der Waals surface area contributed by atoms with E-state index in [2.05, 4.69) is 5.32 Å². The number of ketones is 1. The molecule has 2 rings (SSSR count). The van der Waals surface area contributed by atoms with Crippen LogP contribution >= 0.6 is 0 Å². The number of carbonyl (C=O) groups excluding carboxylic acids is 3. The molecule has 28 heavy (non-hydrogen) atoms. The van der Waals surface area contributed by atoms with Gasteiger partial charge in [-0.25, -0.2) is 4.39 Å². The number of nitrogens with zero attached hydrogens (tertiary/aromatic N) is 1. The number of fused-ring (bicyclic) bond motifs is 1. The van der Waals surface area contributed by atoms with Crippen LogP contribution in [0.4, 0.5) is 4.39 Å². The van der Waals surface area contributed by atoms with Gasteiger partial charge in [0.2, 0.25) is 5.91 Å². The summed E-state index contributed by atoms with van der Waals surface area (Å²) in [6.45, 7) is 3.27. The van der Waals surface area contributed by atoms with Crippen LogP contribution in [0.3, 0.4) is 0 Å². The number of hydrogen-bond acceptors (Lipinski definition) is 5. The number of ether oxygens (including phenoxy) is 1. The van der Waals surface area contributed by atoms with E-state index >= 15 is 0 Å². The van der Waals surface area contributed by atoms with Crippen LogP contribution in [0.15, 0.2) is 41.3 Å². The molecule has 2 aromatic rings. The second-order valence-electron chi connectivity index (χ2n) is 7.35. The third kappa shape index (κ3) is 5.73. The molecule has 0 fully saturated rings. The Balaban J connectivity index is 2.11. The van der Waals surface area contributed by atoms with Gasteiger partial charge in [0.1, 0.15) is 24.9 Å². The van der Waals surface area contributed by atoms with E-state index in [4.69, 9.17) is 4.74 Å². The van der Waals surface area contributed by atoms with Gasteiger partial charge in [-0.05, 0) is 38.3 Å². The first-order chi connectivity index (χ1) is 13.1. The van der Waals surface area contributed by atoms with Gasteiger partial charge in [0.05, 0.1) is 6.42 Å². The summed E-state index contributed by atoms with van der Waals surface area (Å²) in [5, 5.41) is 3.50. The average Bonchev–Trinajstić information content (AvgIpc) is 2.61. The minimum Gasteiger partial charge on any atom is -0.460 e. The molecule has 0 aliphatic carbocycles. The monoisotopic (exact) mass is 390 g/mol. The first kappa shape index (κ1) is 21.3. The van der Waals surface area contributed by atoms with Crippen LogP contribution in [0.5, 0.6) is 0 Å². The van der Waals surface area contributed by atoms with Gasteiger partial charge in [-0.2, -0.15) is 0 Å². The number of pyridine rings is 1. The van der Waals surface area contributed by atoms with E-state index in [9.17, 15) is 23.6 Å². The molecule has 1 aromatic carbocycles. The predicted molar refractivity (Wildman–Crippen MR) is 102 cm³/mol. The van der Waals surface area contributed by atoms with Crippen LogP contribution in [-0.2, 0) is 25.7 Å². The number of aromatic nitrogens is 1. The molecular formula is C20H23FN2O5. The minimum absolute atomic E-state index is 0.367. The van der Waals surface area contributed by atoms with Crippen molar-refractivity contribution in [2.75, 3.05) is 6.67 Å². The van der Waals surface area contributed by atoms with Gasteiger partial charge in [-0.3, -0.25) is 19.2 Å². The Morgan fingerprint density at radius 1 is 1.18 bits per heavy atom. The van der Waals surface area contributed by atoms with Crippen molar-refractivity contribution in [3.8, 4) is 0 Å². The Morgan fingerprint density at radius 2 is 1.86 bits per heavy atom. The summed E-state index contributed by atoms with van der Waals surface area (Å²) < 4.78 is 19.1. The van der Waals surface area contributed by atoms with Crippen molar-refractivity contribution in [1.82, 2.24) is 9.88 Å². The zero-order chi connectivity index (χ0) is 20.9. The highest BCUT2D eigenvalue weighted by molar-refractivity contribution is 5.93. The van der Waals surface area contributed by atoms with Crippen LogP contribution < -0.4 is 10.9 Å². The van der Waals surface area contributed by atoms with Gasteiger partial charge < -0.3 is 14.6 Å². The van der Waals surface area contributed by atoms with Crippen LogP contribution in [0.2, 0.25) is 0 Å². The van der Waals surface area contributed by atoms with Crippen molar-refractivity contribution in [2.24, 2.45) is 0 Å². The lowest BCUT2D eigenvalue weighted by Crippen LogP contribution is -2.45. The van der Waals surface area contributed by atoms with Crippen molar-refractivity contribution < 1.29 is 23.5 Å². The van der Waals surface area contributed by atoms with E-state index in [1.54, 1.807) is 51.1 Å². The highest BCUT2D eigenvalue weighted by atomic mass is 19.1. The van der Waals surface area contributed by atoms with E-state index in [-0.39, 0.29) is 12.1 Å². The van der Waals surface area contributed by atoms with Gasteiger partial charge in [-0.1, -0.05) is 18.2 Å². The lowest BCUT2D eigenvalue weighted by Gasteiger charge is -2.22. The summed E-state index contributed by atoms with van der Waals surface area (Å²) in [4.78, 5) is 48.5. The number of rotatable bonds is 7. The van der Waals surface area contributed by atoms with E-state index in [1.807, 2.05) is 0 Å². The Hall–Kier alpha value is -3.03. The first-order valence-electron chi connectivity index (χ1n) is 8.79. The van der Waals surface area contributed by atoms with Gasteiger partial charge in [0, 0.05) is 11.6 Å². The molecule has 1 atom stereocenters.